The second-order valence-corrected chi connectivity index (χ2v) is 10.1. The summed E-state index contributed by atoms with van der Waals surface area (Å²) >= 11 is 7.47. The molecule has 2 fully saturated rings. The normalized spacial score (nSPS) is 22.0. The topological polar surface area (TPSA) is 85.4 Å². The Bertz CT molecular complexity index is 1200. The number of carbonyl (C=O) groups is 3. The van der Waals surface area contributed by atoms with E-state index in [4.69, 9.17) is 17.3 Å². The molecule has 1 saturated heterocycles. The second kappa shape index (κ2) is 7.80. The van der Waals surface area contributed by atoms with Crippen LogP contribution in [0.5, 0.6) is 0 Å². The van der Waals surface area contributed by atoms with Crippen LogP contribution in [0.3, 0.4) is 0 Å². The average molecular weight is 456 g/mol. The number of piperidine rings is 1. The maximum absolute atomic E-state index is 13.3. The Morgan fingerprint density at radius 1 is 1.13 bits per heavy atom. The van der Waals surface area contributed by atoms with Crippen LogP contribution in [-0.2, 0) is 22.4 Å². The second-order valence-electron chi connectivity index (χ2n) is 8.34. The zero-order chi connectivity index (χ0) is 21.7. The van der Waals surface area contributed by atoms with E-state index in [0.29, 0.717) is 24.3 Å². The lowest BCUT2D eigenvalue weighted by Crippen LogP contribution is -2.44. The fraction of sp³-hybridized carbons (Fsp3) is 0.348. The molecule has 5 rings (SSSR count). The highest BCUT2D eigenvalue weighted by atomic mass is 35.5. The highest BCUT2D eigenvalue weighted by molar-refractivity contribution is 7.16. The number of rotatable bonds is 6. The van der Waals surface area contributed by atoms with Gasteiger partial charge in [0.2, 0.25) is 5.91 Å². The smallest absolute Gasteiger partial charge is 0.323 e. The summed E-state index contributed by atoms with van der Waals surface area (Å²) in [5.41, 5.74) is 6.93. The zero-order valence-corrected chi connectivity index (χ0v) is 18.4. The van der Waals surface area contributed by atoms with Gasteiger partial charge < -0.3 is 10.6 Å². The number of fused-ring (bicyclic) bond motifs is 2. The van der Waals surface area contributed by atoms with E-state index >= 15 is 0 Å². The molecule has 1 saturated carbocycles. The lowest BCUT2D eigenvalue weighted by Gasteiger charge is -2.26. The van der Waals surface area contributed by atoms with Crippen LogP contribution in [-0.4, -0.2) is 39.3 Å². The van der Waals surface area contributed by atoms with Gasteiger partial charge in [-0.25, -0.2) is 4.79 Å². The summed E-state index contributed by atoms with van der Waals surface area (Å²) in [5.74, 6) is 0.487. The fourth-order valence-electron chi connectivity index (χ4n) is 4.83. The van der Waals surface area contributed by atoms with Crippen molar-refractivity contribution in [2.75, 3.05) is 0 Å². The number of aromatic nitrogens is 1. The van der Waals surface area contributed by atoms with E-state index in [2.05, 4.69) is 0 Å². The zero-order valence-electron chi connectivity index (χ0n) is 16.8. The third-order valence-corrected chi connectivity index (χ3v) is 7.68. The molecular formula is C23H22ClN3O3S. The summed E-state index contributed by atoms with van der Waals surface area (Å²) in [5, 5.41) is 0.832. The third kappa shape index (κ3) is 3.77. The van der Waals surface area contributed by atoms with Crippen molar-refractivity contribution in [3.05, 3.63) is 57.4 Å². The van der Waals surface area contributed by atoms with Crippen LogP contribution in [0, 0.1) is 5.92 Å². The van der Waals surface area contributed by atoms with Crippen molar-refractivity contribution in [3.8, 4) is 0 Å². The Kier molecular flexibility index (Phi) is 5.10. The third-order valence-electron chi connectivity index (χ3n) is 6.38. The number of nitrogens with two attached hydrogens (primary N) is 1. The number of nitrogens with zero attached hydrogens (tertiary/aromatic N) is 2. The lowest BCUT2D eigenvalue weighted by molar-refractivity contribution is -0.138. The van der Waals surface area contributed by atoms with E-state index in [1.807, 2.05) is 41.3 Å². The maximum Gasteiger partial charge on any atom is 0.323 e. The number of hydrogen-bond acceptors (Lipinski definition) is 4. The van der Waals surface area contributed by atoms with Gasteiger partial charge in [-0.2, -0.15) is 0 Å². The molecule has 1 aromatic carbocycles. The first-order valence-corrected chi connectivity index (χ1v) is 11.6. The number of Topliss-reactive ketones (excluding diaryl/α,β-unsaturated/α-hetero) is 1. The van der Waals surface area contributed by atoms with Gasteiger partial charge in [-0.15, -0.1) is 11.3 Å². The monoisotopic (exact) mass is 455 g/mol. The Labute approximate surface area is 188 Å². The first-order chi connectivity index (χ1) is 14.9. The molecule has 2 aromatic heterocycles. The Balaban J connectivity index is 1.33. The predicted molar refractivity (Wildman–Crippen MR) is 120 cm³/mol. The summed E-state index contributed by atoms with van der Waals surface area (Å²) < 4.78 is 2.09. The molecule has 1 aliphatic heterocycles. The van der Waals surface area contributed by atoms with E-state index in [9.17, 15) is 14.4 Å². The van der Waals surface area contributed by atoms with Gasteiger partial charge >= 0.3 is 6.03 Å². The molecule has 0 radical (unpaired) electrons. The van der Waals surface area contributed by atoms with Crippen molar-refractivity contribution >= 4 is 51.6 Å². The molecule has 6 nitrogen and oxygen atoms in total. The highest BCUT2D eigenvalue weighted by Gasteiger charge is 2.55. The molecule has 3 aromatic rings. The average Bonchev–Trinajstić information content (AvgIpc) is 3.08. The van der Waals surface area contributed by atoms with E-state index in [1.165, 1.54) is 15.9 Å². The number of likely N-dealkylation sites (tertiary alicyclic amines) is 1. The molecule has 3 atom stereocenters. The van der Waals surface area contributed by atoms with Crippen molar-refractivity contribution in [1.29, 1.82) is 0 Å². The fourth-order valence-corrected chi connectivity index (χ4v) is 5.92. The molecule has 3 heterocycles. The molecule has 2 N–H and O–H groups in total. The SMILES string of the molecule is NC(=O)n1cc(CC(=O)N2C3CC3C[C@H]2C(=O)CCc2ccc(Cl)s2)c2ccccc21. The van der Waals surface area contributed by atoms with Crippen LogP contribution in [0.25, 0.3) is 10.9 Å². The first-order valence-electron chi connectivity index (χ1n) is 10.4. The van der Waals surface area contributed by atoms with Crippen LogP contribution in [0.15, 0.2) is 42.6 Å². The number of carbonyl (C=O) groups excluding carboxylic acids is 3. The number of benzene rings is 1. The lowest BCUT2D eigenvalue weighted by atomic mass is 10.0. The van der Waals surface area contributed by atoms with E-state index in [0.717, 1.165) is 33.0 Å². The van der Waals surface area contributed by atoms with Crippen molar-refractivity contribution in [2.24, 2.45) is 11.7 Å². The predicted octanol–water partition coefficient (Wildman–Crippen LogP) is 4.02. The van der Waals surface area contributed by atoms with Gasteiger partial charge in [0.05, 0.1) is 22.3 Å². The molecule has 2 amide bonds. The minimum Gasteiger partial charge on any atom is -0.351 e. The van der Waals surface area contributed by atoms with Gasteiger partial charge in [-0.3, -0.25) is 14.2 Å². The van der Waals surface area contributed by atoms with Crippen LogP contribution < -0.4 is 5.73 Å². The van der Waals surface area contributed by atoms with Crippen molar-refractivity contribution in [3.63, 3.8) is 0 Å². The van der Waals surface area contributed by atoms with Gasteiger partial charge in [0.25, 0.3) is 0 Å². The molecule has 2 unspecified atom stereocenters. The van der Waals surface area contributed by atoms with Crippen LogP contribution >= 0.6 is 22.9 Å². The highest BCUT2D eigenvalue weighted by Crippen LogP contribution is 2.48. The summed E-state index contributed by atoms with van der Waals surface area (Å²) in [7, 11) is 0. The van der Waals surface area contributed by atoms with Gasteiger partial charge in [-0.1, -0.05) is 29.8 Å². The standard InChI is InChI=1S/C23H22ClN3O3S/c24-21-8-6-15(31-21)5-7-20(28)19-10-13-9-18(13)27(19)22(29)11-14-12-26(23(25)30)17-4-2-1-3-16(14)17/h1-4,6,8,12-13,18-19H,5,7,9-11H2,(H2,25,30)/t13?,18?,19-/m0/s1. The van der Waals surface area contributed by atoms with Gasteiger partial charge in [-0.05, 0) is 48.9 Å². The number of thiophene rings is 1. The number of para-hydroxylation sites is 1. The molecular weight excluding hydrogens is 434 g/mol. The maximum atomic E-state index is 13.3. The quantitative estimate of drug-likeness (QED) is 0.609. The Morgan fingerprint density at radius 2 is 1.94 bits per heavy atom. The molecule has 2 aliphatic rings. The van der Waals surface area contributed by atoms with Crippen LogP contribution in [0.1, 0.15) is 29.7 Å². The molecule has 0 bridgehead atoms. The summed E-state index contributed by atoms with van der Waals surface area (Å²) in [6.07, 6.45) is 4.57. The first kappa shape index (κ1) is 20.3. The number of hydrogen-bond donors (Lipinski definition) is 1. The van der Waals surface area contributed by atoms with Crippen molar-refractivity contribution in [2.45, 2.75) is 44.2 Å². The van der Waals surface area contributed by atoms with E-state index in [-0.39, 0.29) is 30.2 Å². The summed E-state index contributed by atoms with van der Waals surface area (Å²) in [6.45, 7) is 0. The number of ketones is 1. The van der Waals surface area contributed by atoms with E-state index in [1.54, 1.807) is 6.20 Å². The number of primary amides is 1. The molecule has 31 heavy (non-hydrogen) atoms. The minimum absolute atomic E-state index is 0.0603. The summed E-state index contributed by atoms with van der Waals surface area (Å²) in [6, 6.07) is 10.4. The number of halogens is 1. The number of amides is 2. The molecule has 160 valence electrons. The molecule has 8 heteroatoms. The minimum atomic E-state index is -0.583. The summed E-state index contributed by atoms with van der Waals surface area (Å²) in [4.78, 5) is 41.0. The van der Waals surface area contributed by atoms with E-state index < -0.39 is 6.03 Å². The number of aryl methyl sites for hydroxylation is 1. The van der Waals surface area contributed by atoms with Gasteiger partial charge in [0.1, 0.15) is 0 Å². The van der Waals surface area contributed by atoms with Crippen molar-refractivity contribution < 1.29 is 14.4 Å². The van der Waals surface area contributed by atoms with Gasteiger partial charge in [0.15, 0.2) is 5.78 Å². The Hall–Kier alpha value is -2.64. The largest absolute Gasteiger partial charge is 0.351 e. The Morgan fingerprint density at radius 3 is 2.68 bits per heavy atom. The molecule has 1 aliphatic carbocycles. The van der Waals surface area contributed by atoms with Crippen LogP contribution in [0.4, 0.5) is 4.79 Å². The van der Waals surface area contributed by atoms with Crippen LogP contribution in [0.2, 0.25) is 4.34 Å². The van der Waals surface area contributed by atoms with Crippen molar-refractivity contribution in [1.82, 2.24) is 9.47 Å². The van der Waals surface area contributed by atoms with Gasteiger partial charge in [0, 0.05) is 28.9 Å². The molecule has 0 spiro atoms.